The van der Waals surface area contributed by atoms with E-state index in [2.05, 4.69) is 16.0 Å². The lowest BCUT2D eigenvalue weighted by molar-refractivity contribution is -0.138. The third kappa shape index (κ3) is 8.47. The van der Waals surface area contributed by atoms with Crippen molar-refractivity contribution in [3.05, 3.63) is 59.7 Å². The van der Waals surface area contributed by atoms with Crippen LogP contribution >= 0.6 is 0 Å². The minimum atomic E-state index is -0.967. The first kappa shape index (κ1) is 24.4. The van der Waals surface area contributed by atoms with E-state index < -0.39 is 5.97 Å². The first-order chi connectivity index (χ1) is 15.2. The lowest BCUT2D eigenvalue weighted by Crippen LogP contribution is -2.33. The maximum absolute atomic E-state index is 12.1. The van der Waals surface area contributed by atoms with Gasteiger partial charge in [0.05, 0.1) is 12.8 Å². The van der Waals surface area contributed by atoms with Gasteiger partial charge >= 0.3 is 12.0 Å². The van der Waals surface area contributed by atoms with Gasteiger partial charge in [-0.15, -0.1) is 0 Å². The Morgan fingerprint density at radius 1 is 0.938 bits per heavy atom. The Balaban J connectivity index is 1.73. The van der Waals surface area contributed by atoms with Gasteiger partial charge in [0.15, 0.2) is 0 Å². The topological polar surface area (TPSA) is 128 Å². The van der Waals surface area contributed by atoms with Crippen LogP contribution in [0.3, 0.4) is 0 Å². The maximum atomic E-state index is 12.1. The molecule has 170 valence electrons. The molecular formula is C23H28N4O5. The normalized spacial score (nSPS) is 10.2. The van der Waals surface area contributed by atoms with Gasteiger partial charge in [-0.05, 0) is 36.2 Å². The number of rotatable bonds is 10. The molecule has 0 aliphatic rings. The predicted molar refractivity (Wildman–Crippen MR) is 121 cm³/mol. The van der Waals surface area contributed by atoms with Crippen LogP contribution in [0.15, 0.2) is 48.5 Å². The third-order valence-corrected chi connectivity index (χ3v) is 4.72. The molecule has 0 saturated carbocycles. The number of nitrogens with zero attached hydrogens (tertiary/aromatic N) is 1. The molecule has 9 nitrogen and oxygen atoms in total. The van der Waals surface area contributed by atoms with Crippen molar-refractivity contribution in [1.29, 1.82) is 0 Å². The van der Waals surface area contributed by atoms with Crippen LogP contribution in [0.25, 0.3) is 0 Å². The number of urea groups is 1. The van der Waals surface area contributed by atoms with Crippen molar-refractivity contribution in [3.63, 3.8) is 0 Å². The molecule has 0 unspecified atom stereocenters. The standard InChI is InChI=1S/C23H28N4O5/c1-16-5-3-4-6-19(16)26-23(32)25-18-9-7-17(8-10-18)15-20(28)24-13-11-21(29)27(2)14-12-22(30)31/h3-10H,11-15H2,1-2H3,(H,24,28)(H,30,31)(H2,25,26,32). The number of aliphatic carboxylic acids is 1. The Morgan fingerprint density at radius 3 is 2.28 bits per heavy atom. The second-order valence-corrected chi connectivity index (χ2v) is 7.33. The second kappa shape index (κ2) is 12.1. The van der Waals surface area contributed by atoms with Crippen LogP contribution in [0.4, 0.5) is 16.2 Å². The first-order valence-electron chi connectivity index (χ1n) is 10.2. The molecule has 2 rings (SSSR count). The maximum Gasteiger partial charge on any atom is 0.323 e. The smallest absolute Gasteiger partial charge is 0.323 e. The molecule has 0 atom stereocenters. The number of amides is 4. The Labute approximate surface area is 186 Å². The molecule has 0 radical (unpaired) electrons. The van der Waals surface area contributed by atoms with Gasteiger partial charge in [0, 0.05) is 37.9 Å². The number of hydrogen-bond donors (Lipinski definition) is 4. The van der Waals surface area contributed by atoms with Gasteiger partial charge < -0.3 is 26.0 Å². The van der Waals surface area contributed by atoms with Gasteiger partial charge in [0.1, 0.15) is 0 Å². The monoisotopic (exact) mass is 440 g/mol. The fourth-order valence-corrected chi connectivity index (χ4v) is 2.84. The van der Waals surface area contributed by atoms with Gasteiger partial charge in [-0.2, -0.15) is 0 Å². The highest BCUT2D eigenvalue weighted by atomic mass is 16.4. The van der Waals surface area contributed by atoms with Crippen molar-refractivity contribution in [3.8, 4) is 0 Å². The highest BCUT2D eigenvalue weighted by Crippen LogP contribution is 2.15. The van der Waals surface area contributed by atoms with Crippen molar-refractivity contribution in [2.24, 2.45) is 0 Å². The summed E-state index contributed by atoms with van der Waals surface area (Å²) in [6, 6.07) is 14.0. The number of carboxylic acid groups (broad SMARTS) is 1. The van der Waals surface area contributed by atoms with Gasteiger partial charge in [0.2, 0.25) is 11.8 Å². The van der Waals surface area contributed by atoms with Crippen molar-refractivity contribution >= 4 is 35.2 Å². The zero-order valence-corrected chi connectivity index (χ0v) is 18.2. The number of nitrogens with one attached hydrogen (secondary N) is 3. The lowest BCUT2D eigenvalue weighted by Gasteiger charge is -2.16. The molecule has 2 aromatic carbocycles. The quantitative estimate of drug-likeness (QED) is 0.452. The van der Waals surface area contributed by atoms with Crippen LogP contribution in [0.2, 0.25) is 0 Å². The number of benzene rings is 2. The molecule has 4 amide bonds. The number of anilines is 2. The number of carboxylic acids is 1. The van der Waals surface area contributed by atoms with Gasteiger partial charge in [-0.25, -0.2) is 4.79 Å². The summed E-state index contributed by atoms with van der Waals surface area (Å²) in [4.78, 5) is 48.0. The summed E-state index contributed by atoms with van der Waals surface area (Å²) >= 11 is 0. The molecule has 0 fully saturated rings. The average Bonchev–Trinajstić information content (AvgIpc) is 2.75. The number of aryl methyl sites for hydroxylation is 1. The van der Waals surface area contributed by atoms with E-state index >= 15 is 0 Å². The number of hydrogen-bond acceptors (Lipinski definition) is 4. The first-order valence-corrected chi connectivity index (χ1v) is 10.2. The summed E-state index contributed by atoms with van der Waals surface area (Å²) in [5.41, 5.74) is 3.04. The fraction of sp³-hybridized carbons (Fsp3) is 0.304. The second-order valence-electron chi connectivity index (χ2n) is 7.33. The van der Waals surface area contributed by atoms with Crippen molar-refractivity contribution in [2.75, 3.05) is 30.8 Å². The molecule has 9 heteroatoms. The third-order valence-electron chi connectivity index (χ3n) is 4.72. The minimum Gasteiger partial charge on any atom is -0.481 e. The Morgan fingerprint density at radius 2 is 1.62 bits per heavy atom. The van der Waals surface area contributed by atoms with Crippen LogP contribution in [0.5, 0.6) is 0 Å². The zero-order valence-electron chi connectivity index (χ0n) is 18.2. The summed E-state index contributed by atoms with van der Waals surface area (Å²) in [5, 5.41) is 16.9. The largest absolute Gasteiger partial charge is 0.481 e. The molecule has 0 heterocycles. The highest BCUT2D eigenvalue weighted by Gasteiger charge is 2.11. The van der Waals surface area contributed by atoms with E-state index in [0.29, 0.717) is 5.69 Å². The molecule has 4 N–H and O–H groups in total. The molecule has 0 saturated heterocycles. The van der Waals surface area contributed by atoms with Crippen molar-refractivity contribution in [2.45, 2.75) is 26.2 Å². The molecule has 0 aromatic heterocycles. The molecule has 0 aliphatic carbocycles. The Bertz CT molecular complexity index is 959. The summed E-state index contributed by atoms with van der Waals surface area (Å²) in [7, 11) is 1.53. The van der Waals surface area contributed by atoms with E-state index in [1.807, 2.05) is 31.2 Å². The van der Waals surface area contributed by atoms with Crippen LogP contribution in [-0.4, -0.2) is 54.0 Å². The van der Waals surface area contributed by atoms with Gasteiger partial charge in [0.25, 0.3) is 0 Å². The molecule has 0 spiro atoms. The van der Waals surface area contributed by atoms with Crippen molar-refractivity contribution in [1.82, 2.24) is 10.2 Å². The SMILES string of the molecule is Cc1ccccc1NC(=O)Nc1ccc(CC(=O)NCCC(=O)N(C)CCC(=O)O)cc1. The van der Waals surface area contributed by atoms with Crippen molar-refractivity contribution < 1.29 is 24.3 Å². The lowest BCUT2D eigenvalue weighted by atomic mass is 10.1. The summed E-state index contributed by atoms with van der Waals surface area (Å²) in [6.45, 7) is 2.21. The zero-order chi connectivity index (χ0) is 23.5. The van der Waals surface area contributed by atoms with Crippen LogP contribution in [-0.2, 0) is 20.8 Å². The van der Waals surface area contributed by atoms with E-state index in [9.17, 15) is 19.2 Å². The molecule has 0 aliphatic heterocycles. The molecule has 0 bridgehead atoms. The molecule has 2 aromatic rings. The fourth-order valence-electron chi connectivity index (χ4n) is 2.84. The minimum absolute atomic E-state index is 0.0979. The summed E-state index contributed by atoms with van der Waals surface area (Å²) in [5.74, 6) is -1.43. The predicted octanol–water partition coefficient (Wildman–Crippen LogP) is 2.62. The van der Waals surface area contributed by atoms with E-state index in [4.69, 9.17) is 5.11 Å². The number of para-hydroxylation sites is 1. The van der Waals surface area contributed by atoms with Gasteiger partial charge in [-0.1, -0.05) is 30.3 Å². The average molecular weight is 441 g/mol. The highest BCUT2D eigenvalue weighted by molar-refractivity contribution is 6.00. The molecule has 32 heavy (non-hydrogen) atoms. The molecular weight excluding hydrogens is 412 g/mol. The Kier molecular flexibility index (Phi) is 9.22. The van der Waals surface area contributed by atoms with E-state index in [-0.39, 0.29) is 50.2 Å². The summed E-state index contributed by atoms with van der Waals surface area (Å²) < 4.78 is 0. The summed E-state index contributed by atoms with van der Waals surface area (Å²) in [6.07, 6.45) is 0.118. The van der Waals surface area contributed by atoms with Gasteiger partial charge in [-0.3, -0.25) is 14.4 Å². The van der Waals surface area contributed by atoms with E-state index in [0.717, 1.165) is 16.8 Å². The van der Waals surface area contributed by atoms with Crippen LogP contribution in [0, 0.1) is 6.92 Å². The van der Waals surface area contributed by atoms with E-state index in [1.165, 1.54) is 11.9 Å². The van der Waals surface area contributed by atoms with Crippen LogP contribution in [0.1, 0.15) is 24.0 Å². The van der Waals surface area contributed by atoms with Crippen LogP contribution < -0.4 is 16.0 Å². The number of carbonyl (C=O) groups excluding carboxylic acids is 3. The number of carbonyl (C=O) groups is 4. The Hall–Kier alpha value is -3.88. The van der Waals surface area contributed by atoms with E-state index in [1.54, 1.807) is 24.3 Å².